The summed E-state index contributed by atoms with van der Waals surface area (Å²) >= 11 is 0. The number of pyridine rings is 1. The molecular weight excluding hydrogens is 310 g/mol. The van der Waals surface area contributed by atoms with Crippen LogP contribution in [0.2, 0.25) is 0 Å². The molecule has 0 saturated carbocycles. The number of ether oxygens (including phenoxy) is 1. The number of nitro groups is 1. The molecule has 0 bridgehead atoms. The van der Waals surface area contributed by atoms with Gasteiger partial charge in [0.25, 0.3) is 0 Å². The van der Waals surface area contributed by atoms with Crippen LogP contribution >= 0.6 is 0 Å². The van der Waals surface area contributed by atoms with Crippen molar-refractivity contribution >= 4 is 17.3 Å². The number of hydrogen-bond acceptors (Lipinski definition) is 6. The van der Waals surface area contributed by atoms with Gasteiger partial charge in [0.15, 0.2) is 0 Å². The summed E-state index contributed by atoms with van der Waals surface area (Å²) < 4.78 is 7.25. The normalized spacial score (nSPS) is 22.3. The van der Waals surface area contributed by atoms with E-state index in [4.69, 9.17) is 4.74 Å². The zero-order valence-corrected chi connectivity index (χ0v) is 13.5. The highest BCUT2D eigenvalue weighted by Crippen LogP contribution is 2.29. The van der Waals surface area contributed by atoms with Crippen molar-refractivity contribution in [2.75, 3.05) is 44.2 Å². The summed E-state index contributed by atoms with van der Waals surface area (Å²) in [4.78, 5) is 20.1. The molecule has 24 heavy (non-hydrogen) atoms. The fourth-order valence-corrected chi connectivity index (χ4v) is 3.57. The van der Waals surface area contributed by atoms with Gasteiger partial charge in [0.05, 0.1) is 12.3 Å². The van der Waals surface area contributed by atoms with E-state index in [0.717, 1.165) is 52.2 Å². The SMILES string of the molecule is O=[N+]([O-])c1c(N2CCN(CC3CCCO3)CC2)nc2ccccn12. The van der Waals surface area contributed by atoms with Crippen LogP contribution in [0, 0.1) is 10.1 Å². The minimum atomic E-state index is -0.339. The molecule has 0 amide bonds. The maximum absolute atomic E-state index is 11.5. The van der Waals surface area contributed by atoms with E-state index in [1.54, 1.807) is 22.7 Å². The summed E-state index contributed by atoms with van der Waals surface area (Å²) in [6.07, 6.45) is 4.33. The van der Waals surface area contributed by atoms with Crippen molar-refractivity contribution in [1.82, 2.24) is 14.3 Å². The van der Waals surface area contributed by atoms with E-state index in [0.29, 0.717) is 17.6 Å². The molecule has 2 aromatic heterocycles. The van der Waals surface area contributed by atoms with Crippen LogP contribution in [-0.2, 0) is 4.74 Å². The van der Waals surface area contributed by atoms with Crippen molar-refractivity contribution in [2.45, 2.75) is 18.9 Å². The van der Waals surface area contributed by atoms with Crippen molar-refractivity contribution in [1.29, 1.82) is 0 Å². The molecule has 128 valence electrons. The average molecular weight is 331 g/mol. The first kappa shape index (κ1) is 15.3. The smallest absolute Gasteiger partial charge is 0.372 e. The van der Waals surface area contributed by atoms with E-state index in [9.17, 15) is 10.1 Å². The van der Waals surface area contributed by atoms with Gasteiger partial charge in [0.2, 0.25) is 11.5 Å². The minimum absolute atomic E-state index is 0.0539. The molecule has 2 fully saturated rings. The lowest BCUT2D eigenvalue weighted by Crippen LogP contribution is -2.48. The lowest BCUT2D eigenvalue weighted by Gasteiger charge is -2.35. The van der Waals surface area contributed by atoms with E-state index >= 15 is 0 Å². The minimum Gasteiger partial charge on any atom is -0.377 e. The third kappa shape index (κ3) is 2.83. The molecule has 2 aliphatic heterocycles. The van der Waals surface area contributed by atoms with Crippen LogP contribution in [-0.4, -0.2) is 64.6 Å². The van der Waals surface area contributed by atoms with Gasteiger partial charge in [-0.05, 0) is 23.8 Å². The number of hydrogen-bond donors (Lipinski definition) is 0. The zero-order chi connectivity index (χ0) is 16.5. The molecular formula is C16H21N5O3. The Labute approximate surface area is 139 Å². The Hall–Kier alpha value is -2.19. The molecule has 0 aromatic carbocycles. The maximum atomic E-state index is 11.5. The van der Waals surface area contributed by atoms with Crippen LogP contribution in [0.3, 0.4) is 0 Å². The van der Waals surface area contributed by atoms with E-state index in [1.807, 2.05) is 11.0 Å². The average Bonchev–Trinajstić information content (AvgIpc) is 3.22. The van der Waals surface area contributed by atoms with Crippen molar-refractivity contribution in [2.24, 2.45) is 0 Å². The van der Waals surface area contributed by atoms with Gasteiger partial charge < -0.3 is 19.8 Å². The predicted molar refractivity (Wildman–Crippen MR) is 89.5 cm³/mol. The van der Waals surface area contributed by atoms with Crippen LogP contribution in [0.5, 0.6) is 0 Å². The molecule has 0 N–H and O–H groups in total. The van der Waals surface area contributed by atoms with Crippen LogP contribution in [0.25, 0.3) is 5.65 Å². The molecule has 2 aromatic rings. The maximum Gasteiger partial charge on any atom is 0.372 e. The highest BCUT2D eigenvalue weighted by molar-refractivity contribution is 5.63. The largest absolute Gasteiger partial charge is 0.377 e. The second-order valence-electron chi connectivity index (χ2n) is 6.37. The Balaban J connectivity index is 1.50. The quantitative estimate of drug-likeness (QED) is 0.625. The van der Waals surface area contributed by atoms with Gasteiger partial charge in [-0.25, -0.2) is 0 Å². The predicted octanol–water partition coefficient (Wildman–Crippen LogP) is 1.54. The first-order valence-electron chi connectivity index (χ1n) is 8.43. The number of aromatic nitrogens is 2. The summed E-state index contributed by atoms with van der Waals surface area (Å²) in [5.41, 5.74) is 0.612. The molecule has 1 atom stereocenters. The first-order valence-corrected chi connectivity index (χ1v) is 8.43. The molecule has 0 spiro atoms. The second-order valence-corrected chi connectivity index (χ2v) is 6.37. The lowest BCUT2D eigenvalue weighted by atomic mass is 10.2. The Morgan fingerprint density at radius 1 is 1.29 bits per heavy atom. The summed E-state index contributed by atoms with van der Waals surface area (Å²) in [7, 11) is 0. The van der Waals surface area contributed by atoms with E-state index in [-0.39, 0.29) is 10.7 Å². The van der Waals surface area contributed by atoms with Gasteiger partial charge in [-0.3, -0.25) is 4.90 Å². The number of nitrogens with zero attached hydrogens (tertiary/aromatic N) is 5. The lowest BCUT2D eigenvalue weighted by molar-refractivity contribution is -0.389. The molecule has 2 aliphatic rings. The summed E-state index contributed by atoms with van der Waals surface area (Å²) in [6.45, 7) is 5.09. The second kappa shape index (κ2) is 6.37. The van der Waals surface area contributed by atoms with Crippen molar-refractivity contribution in [3.63, 3.8) is 0 Å². The molecule has 4 heterocycles. The van der Waals surface area contributed by atoms with Gasteiger partial charge in [-0.1, -0.05) is 6.07 Å². The van der Waals surface area contributed by atoms with Crippen molar-refractivity contribution in [3.05, 3.63) is 34.5 Å². The van der Waals surface area contributed by atoms with E-state index in [2.05, 4.69) is 9.88 Å². The summed E-state index contributed by atoms with van der Waals surface area (Å²) in [6, 6.07) is 5.42. The number of piperazine rings is 1. The number of anilines is 1. The van der Waals surface area contributed by atoms with Crippen molar-refractivity contribution in [3.8, 4) is 0 Å². The molecule has 1 unspecified atom stereocenters. The third-order valence-electron chi connectivity index (χ3n) is 4.82. The number of fused-ring (bicyclic) bond motifs is 1. The Kier molecular flexibility index (Phi) is 4.07. The van der Waals surface area contributed by atoms with Gasteiger partial charge in [0, 0.05) is 45.4 Å². The molecule has 4 rings (SSSR count). The fraction of sp³-hybridized carbons (Fsp3) is 0.562. The van der Waals surface area contributed by atoms with Gasteiger partial charge >= 0.3 is 5.82 Å². The van der Waals surface area contributed by atoms with Crippen molar-refractivity contribution < 1.29 is 9.66 Å². The van der Waals surface area contributed by atoms with Crippen LogP contribution < -0.4 is 4.90 Å². The summed E-state index contributed by atoms with van der Waals surface area (Å²) in [5, 5.41) is 11.5. The monoisotopic (exact) mass is 331 g/mol. The van der Waals surface area contributed by atoms with Crippen LogP contribution in [0.15, 0.2) is 24.4 Å². The third-order valence-corrected chi connectivity index (χ3v) is 4.82. The van der Waals surface area contributed by atoms with E-state index in [1.165, 1.54) is 0 Å². The first-order chi connectivity index (χ1) is 11.7. The molecule has 8 nitrogen and oxygen atoms in total. The molecule has 2 saturated heterocycles. The highest BCUT2D eigenvalue weighted by Gasteiger charge is 2.30. The standard InChI is InChI=1S/C16H21N5O3/c22-21(23)16-15(17-14-5-1-2-6-20(14)16)19-9-7-18(8-10-19)12-13-4-3-11-24-13/h1-2,5-6,13H,3-4,7-12H2. The van der Waals surface area contributed by atoms with Crippen LogP contribution in [0.1, 0.15) is 12.8 Å². The topological polar surface area (TPSA) is 76.2 Å². The Morgan fingerprint density at radius 2 is 2.12 bits per heavy atom. The summed E-state index contributed by atoms with van der Waals surface area (Å²) in [5.74, 6) is 0.529. The fourth-order valence-electron chi connectivity index (χ4n) is 3.57. The highest BCUT2D eigenvalue weighted by atomic mass is 16.6. The number of imidazole rings is 1. The van der Waals surface area contributed by atoms with Gasteiger partial charge in [-0.2, -0.15) is 9.38 Å². The Bertz CT molecular complexity index is 732. The van der Waals surface area contributed by atoms with Gasteiger partial charge in [0.1, 0.15) is 0 Å². The molecule has 0 radical (unpaired) electrons. The van der Waals surface area contributed by atoms with Gasteiger partial charge in [-0.15, -0.1) is 0 Å². The van der Waals surface area contributed by atoms with E-state index < -0.39 is 0 Å². The number of rotatable bonds is 4. The van der Waals surface area contributed by atoms with Crippen LogP contribution in [0.4, 0.5) is 11.6 Å². The molecule has 8 heteroatoms. The Morgan fingerprint density at radius 3 is 2.83 bits per heavy atom. The molecule has 0 aliphatic carbocycles. The zero-order valence-electron chi connectivity index (χ0n) is 13.5.